The van der Waals surface area contributed by atoms with E-state index in [1.807, 2.05) is 0 Å². The third-order valence-electron chi connectivity index (χ3n) is 2.92. The number of hydrogen-bond donors (Lipinski definition) is 1. The number of methoxy groups -OCH3 is 1. The van der Waals surface area contributed by atoms with Crippen molar-refractivity contribution < 1.29 is 9.53 Å². The van der Waals surface area contributed by atoms with Gasteiger partial charge in [0.15, 0.2) is 5.13 Å². The van der Waals surface area contributed by atoms with E-state index in [2.05, 4.69) is 14.6 Å². The van der Waals surface area contributed by atoms with E-state index in [0.29, 0.717) is 10.9 Å². The highest BCUT2D eigenvalue weighted by Gasteiger charge is 2.18. The Hall–Kier alpha value is -0.850. The molecule has 1 saturated heterocycles. The maximum atomic E-state index is 11.3. The van der Waals surface area contributed by atoms with E-state index in [1.54, 1.807) is 6.20 Å². The van der Waals surface area contributed by atoms with E-state index in [4.69, 9.17) is 5.73 Å². The number of nitrogens with two attached hydrogens (primary N) is 1. The van der Waals surface area contributed by atoms with Crippen LogP contribution in [-0.4, -0.2) is 37.2 Å². The highest BCUT2D eigenvalue weighted by Crippen LogP contribution is 2.25. The lowest BCUT2D eigenvalue weighted by molar-refractivity contribution is 0.0606. The molecule has 0 bridgehead atoms. The number of hydrogen-bond acceptors (Lipinski definition) is 6. The van der Waals surface area contributed by atoms with Gasteiger partial charge in [-0.1, -0.05) is 11.3 Å². The first kappa shape index (κ1) is 15.2. The minimum Gasteiger partial charge on any atom is -0.465 e. The van der Waals surface area contributed by atoms with Crippen molar-refractivity contribution in [3.8, 4) is 0 Å². The second-order valence-electron chi connectivity index (χ2n) is 4.18. The molecule has 0 radical (unpaired) electrons. The molecule has 0 saturated carbocycles. The molecule has 1 atom stereocenters. The molecule has 102 valence electrons. The number of anilines is 1. The predicted molar refractivity (Wildman–Crippen MR) is 74.7 cm³/mol. The van der Waals surface area contributed by atoms with Crippen LogP contribution in [0.2, 0.25) is 0 Å². The largest absolute Gasteiger partial charge is 0.465 e. The predicted octanol–water partition coefficient (Wildman–Crippen LogP) is 1.67. The van der Waals surface area contributed by atoms with Gasteiger partial charge in [-0.15, -0.1) is 12.4 Å². The number of rotatable bonds is 2. The van der Waals surface area contributed by atoms with Crippen molar-refractivity contribution in [2.75, 3.05) is 25.1 Å². The van der Waals surface area contributed by atoms with Gasteiger partial charge in [-0.3, -0.25) is 0 Å². The van der Waals surface area contributed by atoms with Crippen molar-refractivity contribution in [2.24, 2.45) is 5.73 Å². The minimum absolute atomic E-state index is 0. The zero-order chi connectivity index (χ0) is 12.3. The van der Waals surface area contributed by atoms with E-state index in [1.165, 1.54) is 18.4 Å². The number of aromatic nitrogens is 1. The van der Waals surface area contributed by atoms with Crippen LogP contribution in [0.5, 0.6) is 0 Å². The number of ether oxygens (including phenoxy) is 1. The summed E-state index contributed by atoms with van der Waals surface area (Å²) in [5, 5.41) is 0.888. The lowest BCUT2D eigenvalue weighted by Gasteiger charge is -2.18. The van der Waals surface area contributed by atoms with Crippen molar-refractivity contribution in [2.45, 2.75) is 25.3 Å². The number of halogens is 1. The van der Waals surface area contributed by atoms with E-state index >= 15 is 0 Å². The van der Waals surface area contributed by atoms with E-state index in [0.717, 1.165) is 37.5 Å². The summed E-state index contributed by atoms with van der Waals surface area (Å²) in [5.74, 6) is -0.319. The zero-order valence-corrected chi connectivity index (χ0v) is 11.9. The molecule has 7 heteroatoms. The van der Waals surface area contributed by atoms with Crippen molar-refractivity contribution in [1.82, 2.24) is 4.98 Å². The summed E-state index contributed by atoms with van der Waals surface area (Å²) in [5.41, 5.74) is 5.93. The van der Waals surface area contributed by atoms with Crippen LogP contribution in [0.4, 0.5) is 5.13 Å². The van der Waals surface area contributed by atoms with Gasteiger partial charge in [0.1, 0.15) is 4.88 Å². The van der Waals surface area contributed by atoms with Crippen LogP contribution in [0.1, 0.15) is 28.9 Å². The standard InChI is InChI=1S/C11H17N3O2S.ClH/c1-16-10(15)9-7-13-11(17-9)14-5-2-3-8(12)4-6-14;/h7-8H,2-6,12H2,1H3;1H. The zero-order valence-electron chi connectivity index (χ0n) is 10.3. The van der Waals surface area contributed by atoms with Gasteiger partial charge in [0.2, 0.25) is 0 Å². The normalized spacial score (nSPS) is 19.9. The van der Waals surface area contributed by atoms with Crippen molar-refractivity contribution in [1.29, 1.82) is 0 Å². The summed E-state index contributed by atoms with van der Waals surface area (Å²) < 4.78 is 4.67. The fourth-order valence-corrected chi connectivity index (χ4v) is 2.81. The second kappa shape index (κ2) is 6.92. The molecule has 1 aromatic heterocycles. The molecule has 18 heavy (non-hydrogen) atoms. The molecule has 0 amide bonds. The molecular formula is C11H18ClN3O2S. The van der Waals surface area contributed by atoms with Gasteiger partial charge in [-0.2, -0.15) is 0 Å². The van der Waals surface area contributed by atoms with Crippen molar-refractivity contribution in [3.05, 3.63) is 11.1 Å². The monoisotopic (exact) mass is 291 g/mol. The molecule has 2 rings (SSSR count). The van der Waals surface area contributed by atoms with Crippen LogP contribution >= 0.6 is 23.7 Å². The molecule has 5 nitrogen and oxygen atoms in total. The fourth-order valence-electron chi connectivity index (χ4n) is 1.92. The van der Waals surface area contributed by atoms with Crippen LogP contribution in [-0.2, 0) is 4.74 Å². The second-order valence-corrected chi connectivity index (χ2v) is 5.19. The highest BCUT2D eigenvalue weighted by atomic mass is 35.5. The number of carbonyl (C=O) groups excluding carboxylic acids is 1. The van der Waals surface area contributed by atoms with Gasteiger partial charge in [-0.05, 0) is 19.3 Å². The van der Waals surface area contributed by atoms with Crippen molar-refractivity contribution >= 4 is 34.8 Å². The molecule has 1 aliphatic rings. The topological polar surface area (TPSA) is 68.5 Å². The molecule has 1 aliphatic heterocycles. The summed E-state index contributed by atoms with van der Waals surface area (Å²) >= 11 is 1.38. The quantitative estimate of drug-likeness (QED) is 0.840. The first-order chi connectivity index (χ1) is 8.20. The molecule has 2 N–H and O–H groups in total. The van der Waals surface area contributed by atoms with Crippen LogP contribution in [0.3, 0.4) is 0 Å². The maximum Gasteiger partial charge on any atom is 0.349 e. The average Bonchev–Trinajstić information content (AvgIpc) is 2.72. The highest BCUT2D eigenvalue weighted by molar-refractivity contribution is 7.17. The van der Waals surface area contributed by atoms with Crippen LogP contribution < -0.4 is 10.6 Å². The summed E-state index contributed by atoms with van der Waals surface area (Å²) in [4.78, 5) is 18.4. The number of esters is 1. The number of thiazole rings is 1. The maximum absolute atomic E-state index is 11.3. The van der Waals surface area contributed by atoms with Gasteiger partial charge in [0.05, 0.1) is 13.3 Å². The van der Waals surface area contributed by atoms with E-state index in [9.17, 15) is 4.79 Å². The Morgan fingerprint density at radius 1 is 1.56 bits per heavy atom. The van der Waals surface area contributed by atoms with Gasteiger partial charge < -0.3 is 15.4 Å². The average molecular weight is 292 g/mol. The fraction of sp³-hybridized carbons (Fsp3) is 0.636. The van der Waals surface area contributed by atoms with Gasteiger partial charge in [0.25, 0.3) is 0 Å². The van der Waals surface area contributed by atoms with Crippen LogP contribution in [0.15, 0.2) is 6.20 Å². The summed E-state index contributed by atoms with van der Waals surface area (Å²) in [6.45, 7) is 1.87. The molecule has 1 unspecified atom stereocenters. The SMILES string of the molecule is COC(=O)c1cnc(N2CCCC(N)CC2)s1.Cl. The summed E-state index contributed by atoms with van der Waals surface area (Å²) in [7, 11) is 1.38. The van der Waals surface area contributed by atoms with Gasteiger partial charge in [0, 0.05) is 19.1 Å². The molecule has 0 aromatic carbocycles. The van der Waals surface area contributed by atoms with Crippen LogP contribution in [0, 0.1) is 0 Å². The van der Waals surface area contributed by atoms with Crippen LogP contribution in [0.25, 0.3) is 0 Å². The minimum atomic E-state index is -0.319. The molecule has 0 aliphatic carbocycles. The Kier molecular flexibility index (Phi) is 5.84. The third-order valence-corrected chi connectivity index (χ3v) is 3.96. The Morgan fingerprint density at radius 2 is 2.33 bits per heavy atom. The Labute approximate surface area is 117 Å². The van der Waals surface area contributed by atoms with E-state index in [-0.39, 0.29) is 18.4 Å². The lowest BCUT2D eigenvalue weighted by Crippen LogP contribution is -2.26. The van der Waals surface area contributed by atoms with Gasteiger partial charge >= 0.3 is 5.97 Å². The molecule has 1 fully saturated rings. The Morgan fingerprint density at radius 3 is 3.06 bits per heavy atom. The Bertz CT molecular complexity index is 399. The summed E-state index contributed by atoms with van der Waals surface area (Å²) in [6.07, 6.45) is 4.70. The number of nitrogens with zero attached hydrogens (tertiary/aromatic N) is 2. The molecular weight excluding hydrogens is 274 g/mol. The first-order valence-corrected chi connectivity index (χ1v) is 6.57. The van der Waals surface area contributed by atoms with Gasteiger partial charge in [-0.25, -0.2) is 9.78 Å². The molecule has 2 heterocycles. The smallest absolute Gasteiger partial charge is 0.349 e. The number of carbonyl (C=O) groups is 1. The first-order valence-electron chi connectivity index (χ1n) is 5.75. The van der Waals surface area contributed by atoms with E-state index < -0.39 is 0 Å². The molecule has 0 spiro atoms. The Balaban J connectivity index is 0.00000162. The third kappa shape index (κ3) is 3.57. The lowest BCUT2D eigenvalue weighted by atomic mass is 10.1. The molecule has 1 aromatic rings. The summed E-state index contributed by atoms with van der Waals surface area (Å²) in [6, 6.07) is 0.292. The van der Waals surface area contributed by atoms with Crippen molar-refractivity contribution in [3.63, 3.8) is 0 Å².